The molecule has 8 nitrogen and oxygen atoms in total. The number of amides is 1. The normalized spacial score (nSPS) is 10.4. The molecule has 1 heterocycles. The number of nitro benzene ring substituents is 1. The number of ether oxygens (including phenoxy) is 1. The third-order valence-electron chi connectivity index (χ3n) is 3.85. The maximum absolute atomic E-state index is 12.1. The van der Waals surface area contributed by atoms with E-state index in [2.05, 4.69) is 10.3 Å². The average Bonchev–Trinajstić information content (AvgIpc) is 2.67. The number of para-hydroxylation sites is 1. The van der Waals surface area contributed by atoms with Gasteiger partial charge < -0.3 is 10.1 Å². The molecular formula is C19H15N3O5. The number of nitro groups is 1. The van der Waals surface area contributed by atoms with Crippen LogP contribution in [0.1, 0.15) is 16.1 Å². The monoisotopic (exact) mass is 365 g/mol. The van der Waals surface area contributed by atoms with E-state index in [0.29, 0.717) is 11.1 Å². The minimum absolute atomic E-state index is 0.0908. The molecule has 3 rings (SSSR count). The minimum atomic E-state index is -0.730. The smallest absolute Gasteiger partial charge is 0.357 e. The van der Waals surface area contributed by atoms with Crippen LogP contribution in [0.4, 0.5) is 11.4 Å². The van der Waals surface area contributed by atoms with Crippen molar-refractivity contribution in [3.8, 4) is 0 Å². The minimum Gasteiger partial charge on any atom is -0.451 e. The van der Waals surface area contributed by atoms with Gasteiger partial charge in [-0.25, -0.2) is 9.78 Å². The van der Waals surface area contributed by atoms with Gasteiger partial charge in [-0.05, 0) is 24.6 Å². The highest BCUT2D eigenvalue weighted by molar-refractivity contribution is 5.96. The van der Waals surface area contributed by atoms with Gasteiger partial charge in [-0.15, -0.1) is 0 Å². The molecule has 0 saturated heterocycles. The summed E-state index contributed by atoms with van der Waals surface area (Å²) in [7, 11) is 0. The highest BCUT2D eigenvalue weighted by Gasteiger charge is 2.14. The molecule has 27 heavy (non-hydrogen) atoms. The second-order valence-electron chi connectivity index (χ2n) is 5.77. The van der Waals surface area contributed by atoms with Gasteiger partial charge in [-0.2, -0.15) is 0 Å². The van der Waals surface area contributed by atoms with E-state index in [9.17, 15) is 19.7 Å². The van der Waals surface area contributed by atoms with Gasteiger partial charge in [0, 0.05) is 17.5 Å². The number of non-ortho nitro benzene ring substituents is 1. The molecule has 0 spiro atoms. The Morgan fingerprint density at radius 1 is 1.15 bits per heavy atom. The number of aryl methyl sites for hydroxylation is 1. The summed E-state index contributed by atoms with van der Waals surface area (Å²) < 4.78 is 4.98. The fourth-order valence-electron chi connectivity index (χ4n) is 2.43. The lowest BCUT2D eigenvalue weighted by molar-refractivity contribution is -0.384. The van der Waals surface area contributed by atoms with E-state index in [1.807, 2.05) is 12.1 Å². The van der Waals surface area contributed by atoms with Crippen LogP contribution in [-0.2, 0) is 9.53 Å². The van der Waals surface area contributed by atoms with Crippen molar-refractivity contribution in [1.29, 1.82) is 0 Å². The average molecular weight is 365 g/mol. The van der Waals surface area contributed by atoms with Crippen LogP contribution in [0.5, 0.6) is 0 Å². The summed E-state index contributed by atoms with van der Waals surface area (Å²) in [6.07, 6.45) is 0. The molecule has 1 aromatic heterocycles. The first-order valence-electron chi connectivity index (χ1n) is 8.02. The van der Waals surface area contributed by atoms with Crippen molar-refractivity contribution < 1.29 is 19.2 Å². The Kier molecular flexibility index (Phi) is 5.07. The molecule has 1 amide bonds. The third-order valence-corrected chi connectivity index (χ3v) is 3.85. The predicted octanol–water partition coefficient (Wildman–Crippen LogP) is 3.25. The van der Waals surface area contributed by atoms with E-state index in [1.54, 1.807) is 25.1 Å². The van der Waals surface area contributed by atoms with E-state index in [4.69, 9.17) is 4.74 Å². The van der Waals surface area contributed by atoms with E-state index in [1.165, 1.54) is 24.3 Å². The number of rotatable bonds is 5. The van der Waals surface area contributed by atoms with Crippen molar-refractivity contribution in [2.45, 2.75) is 6.92 Å². The lowest BCUT2D eigenvalue weighted by atomic mass is 10.2. The number of benzene rings is 2. The number of carbonyl (C=O) groups is 2. The van der Waals surface area contributed by atoms with Crippen LogP contribution >= 0.6 is 0 Å². The molecule has 0 fully saturated rings. The summed E-state index contributed by atoms with van der Waals surface area (Å²) in [5.41, 5.74) is 1.52. The van der Waals surface area contributed by atoms with Crippen LogP contribution in [0.25, 0.3) is 10.9 Å². The number of esters is 1. The van der Waals surface area contributed by atoms with Crippen molar-refractivity contribution in [2.24, 2.45) is 0 Å². The van der Waals surface area contributed by atoms with Crippen LogP contribution in [0.3, 0.4) is 0 Å². The number of hydrogen-bond donors (Lipinski definition) is 1. The lowest BCUT2D eigenvalue weighted by Gasteiger charge is -2.09. The molecule has 0 radical (unpaired) electrons. The lowest BCUT2D eigenvalue weighted by Crippen LogP contribution is -2.21. The first-order valence-corrected chi connectivity index (χ1v) is 8.02. The van der Waals surface area contributed by atoms with Crippen LogP contribution in [0, 0.1) is 17.0 Å². The Bertz CT molecular complexity index is 1050. The van der Waals surface area contributed by atoms with Crippen molar-refractivity contribution in [3.63, 3.8) is 0 Å². The molecule has 0 saturated carbocycles. The van der Waals surface area contributed by atoms with Crippen molar-refractivity contribution in [1.82, 2.24) is 4.98 Å². The number of aromatic nitrogens is 1. The van der Waals surface area contributed by atoms with E-state index in [-0.39, 0.29) is 17.1 Å². The molecule has 0 atom stereocenters. The Morgan fingerprint density at radius 3 is 2.70 bits per heavy atom. The van der Waals surface area contributed by atoms with Crippen LogP contribution < -0.4 is 5.32 Å². The van der Waals surface area contributed by atoms with Crippen molar-refractivity contribution in [2.75, 3.05) is 11.9 Å². The number of pyridine rings is 1. The van der Waals surface area contributed by atoms with Crippen LogP contribution in [0.2, 0.25) is 0 Å². The number of nitrogens with one attached hydrogen (secondary N) is 1. The summed E-state index contributed by atoms with van der Waals surface area (Å²) in [6.45, 7) is 1.17. The van der Waals surface area contributed by atoms with Gasteiger partial charge in [-0.1, -0.05) is 30.3 Å². The maximum atomic E-state index is 12.1. The molecular weight excluding hydrogens is 350 g/mol. The fraction of sp³-hybridized carbons (Fsp3) is 0.105. The van der Waals surface area contributed by atoms with Gasteiger partial charge in [0.25, 0.3) is 11.6 Å². The second-order valence-corrected chi connectivity index (χ2v) is 5.77. The summed E-state index contributed by atoms with van der Waals surface area (Å²) in [5, 5.41) is 14.2. The van der Waals surface area contributed by atoms with Gasteiger partial charge in [0.05, 0.1) is 16.1 Å². The van der Waals surface area contributed by atoms with Crippen molar-refractivity contribution >= 4 is 34.2 Å². The Balaban J connectivity index is 1.64. The highest BCUT2D eigenvalue weighted by Crippen LogP contribution is 2.21. The maximum Gasteiger partial charge on any atom is 0.357 e. The zero-order chi connectivity index (χ0) is 19.4. The largest absolute Gasteiger partial charge is 0.451 e. The molecule has 0 unspecified atom stereocenters. The van der Waals surface area contributed by atoms with Gasteiger partial charge in [0.15, 0.2) is 6.61 Å². The number of carbonyl (C=O) groups excluding carboxylic acids is 2. The molecule has 0 aliphatic carbocycles. The standard InChI is InChI=1S/C19H15N3O5/c1-12-6-8-14(22(25)26)10-17(12)21-18(23)11-27-19(24)16-9-7-13-4-2-3-5-15(13)20-16/h2-10H,11H2,1H3,(H,21,23). The molecule has 2 aromatic carbocycles. The zero-order valence-electron chi connectivity index (χ0n) is 14.3. The van der Waals surface area contributed by atoms with Crippen molar-refractivity contribution in [3.05, 3.63) is 76.0 Å². The number of nitrogens with zero attached hydrogens (tertiary/aromatic N) is 2. The third kappa shape index (κ3) is 4.24. The molecule has 0 aliphatic heterocycles. The summed E-state index contributed by atoms with van der Waals surface area (Å²) in [5.74, 6) is -1.33. The Morgan fingerprint density at radius 2 is 1.93 bits per heavy atom. The molecule has 0 bridgehead atoms. The molecule has 1 N–H and O–H groups in total. The van der Waals surface area contributed by atoms with Gasteiger partial charge in [0.2, 0.25) is 0 Å². The van der Waals surface area contributed by atoms with Crippen LogP contribution in [-0.4, -0.2) is 28.4 Å². The Hall–Kier alpha value is -3.81. The van der Waals surface area contributed by atoms with Gasteiger partial charge in [-0.3, -0.25) is 14.9 Å². The predicted molar refractivity (Wildman–Crippen MR) is 98.5 cm³/mol. The molecule has 0 aliphatic rings. The number of hydrogen-bond acceptors (Lipinski definition) is 6. The molecule has 3 aromatic rings. The first kappa shape index (κ1) is 18.0. The summed E-state index contributed by atoms with van der Waals surface area (Å²) in [6, 6.07) is 14.7. The first-order chi connectivity index (χ1) is 12.9. The quantitative estimate of drug-likeness (QED) is 0.422. The Labute approximate surface area is 153 Å². The van der Waals surface area contributed by atoms with Crippen LogP contribution in [0.15, 0.2) is 54.6 Å². The summed E-state index contributed by atoms with van der Waals surface area (Å²) in [4.78, 5) is 38.6. The summed E-state index contributed by atoms with van der Waals surface area (Å²) >= 11 is 0. The molecule has 8 heteroatoms. The number of anilines is 1. The topological polar surface area (TPSA) is 111 Å². The van der Waals surface area contributed by atoms with E-state index >= 15 is 0 Å². The second kappa shape index (κ2) is 7.61. The molecule has 136 valence electrons. The van der Waals surface area contributed by atoms with E-state index < -0.39 is 23.4 Å². The van der Waals surface area contributed by atoms with Gasteiger partial charge >= 0.3 is 5.97 Å². The van der Waals surface area contributed by atoms with Gasteiger partial charge in [0.1, 0.15) is 5.69 Å². The number of fused-ring (bicyclic) bond motifs is 1. The fourth-order valence-corrected chi connectivity index (χ4v) is 2.43. The van der Waals surface area contributed by atoms with E-state index in [0.717, 1.165) is 5.39 Å². The zero-order valence-corrected chi connectivity index (χ0v) is 14.3. The highest BCUT2D eigenvalue weighted by atomic mass is 16.6. The SMILES string of the molecule is Cc1ccc([N+](=O)[O-])cc1NC(=O)COC(=O)c1ccc2ccccc2n1.